The Morgan fingerprint density at radius 2 is 2.06 bits per heavy atom. The third kappa shape index (κ3) is 2.79. The number of carbonyl (C=O) groups is 2. The lowest BCUT2D eigenvalue weighted by molar-refractivity contribution is -0.144. The molecule has 2 unspecified atom stereocenters. The van der Waals surface area contributed by atoms with Gasteiger partial charge in [-0.3, -0.25) is 9.59 Å². The van der Waals surface area contributed by atoms with Gasteiger partial charge >= 0.3 is 0 Å². The minimum Gasteiger partial charge on any atom is -0.368 e. The smallest absolute Gasteiger partial charge is 0.245 e. The number of benzene rings is 1. The minimum atomic E-state index is -0.557. The van der Waals surface area contributed by atoms with Gasteiger partial charge in [0, 0.05) is 5.75 Å². The van der Waals surface area contributed by atoms with Crippen molar-refractivity contribution < 1.29 is 9.59 Å². The van der Waals surface area contributed by atoms with E-state index in [4.69, 9.17) is 17.3 Å². The van der Waals surface area contributed by atoms with Crippen molar-refractivity contribution in [2.45, 2.75) is 16.5 Å². The predicted molar refractivity (Wildman–Crippen MR) is 72.1 cm³/mol. The van der Waals surface area contributed by atoms with Gasteiger partial charge in [-0.25, -0.2) is 0 Å². The Balaban J connectivity index is 1.92. The first-order chi connectivity index (χ1) is 8.59. The molecule has 0 bridgehead atoms. The maximum Gasteiger partial charge on any atom is 0.245 e. The molecule has 1 aliphatic rings. The molecule has 1 fully saturated rings. The highest BCUT2D eigenvalue weighted by atomic mass is 35.5. The molecule has 1 saturated heterocycles. The first-order valence-electron chi connectivity index (χ1n) is 5.48. The van der Waals surface area contributed by atoms with Crippen molar-refractivity contribution in [1.29, 1.82) is 0 Å². The van der Waals surface area contributed by atoms with E-state index in [1.165, 1.54) is 4.90 Å². The molecule has 18 heavy (non-hydrogen) atoms. The molecule has 2 amide bonds. The summed E-state index contributed by atoms with van der Waals surface area (Å²) in [7, 11) is 0. The number of β-lactam (4-membered cyclic amide) rings is 1. The third-order valence-electron chi connectivity index (χ3n) is 2.67. The van der Waals surface area contributed by atoms with E-state index in [1.54, 1.807) is 11.8 Å². The standard InChI is InChI=1S/C12H13ClN2O2S/c13-10-11(17)15(6-9(14)16)12(10)18-7-8-4-2-1-3-5-8/h1-5,10,12H,6-7H2,(H2,14,16). The molecular formula is C12H13ClN2O2S. The van der Waals surface area contributed by atoms with Crippen LogP contribution in [-0.2, 0) is 15.3 Å². The van der Waals surface area contributed by atoms with Crippen LogP contribution in [0, 0.1) is 0 Å². The van der Waals surface area contributed by atoms with Gasteiger partial charge in [-0.15, -0.1) is 23.4 Å². The van der Waals surface area contributed by atoms with Crippen LogP contribution in [-0.4, -0.2) is 34.0 Å². The highest BCUT2D eigenvalue weighted by Crippen LogP contribution is 2.35. The van der Waals surface area contributed by atoms with Crippen molar-refractivity contribution >= 4 is 35.2 Å². The molecule has 4 nitrogen and oxygen atoms in total. The normalized spacial score (nSPS) is 22.7. The molecule has 1 aromatic carbocycles. The molecule has 0 aromatic heterocycles. The van der Waals surface area contributed by atoms with Gasteiger partial charge in [0.05, 0.1) is 0 Å². The maximum absolute atomic E-state index is 11.5. The summed E-state index contributed by atoms with van der Waals surface area (Å²) in [6.07, 6.45) is 0. The fourth-order valence-corrected chi connectivity index (χ4v) is 3.43. The van der Waals surface area contributed by atoms with Gasteiger partial charge in [0.25, 0.3) is 0 Å². The van der Waals surface area contributed by atoms with Gasteiger partial charge < -0.3 is 10.6 Å². The molecule has 96 valence electrons. The molecule has 0 aliphatic carbocycles. The van der Waals surface area contributed by atoms with E-state index < -0.39 is 11.3 Å². The van der Waals surface area contributed by atoms with Crippen LogP contribution in [0.4, 0.5) is 0 Å². The number of amides is 2. The molecule has 1 aliphatic heterocycles. The van der Waals surface area contributed by atoms with Crippen LogP contribution in [0.2, 0.25) is 0 Å². The number of rotatable bonds is 5. The maximum atomic E-state index is 11.5. The summed E-state index contributed by atoms with van der Waals surface area (Å²) in [4.78, 5) is 23.8. The number of hydrogen-bond donors (Lipinski definition) is 1. The van der Waals surface area contributed by atoms with E-state index in [2.05, 4.69) is 0 Å². The number of nitrogens with two attached hydrogens (primary N) is 1. The van der Waals surface area contributed by atoms with Crippen LogP contribution in [0.25, 0.3) is 0 Å². The molecule has 2 atom stereocenters. The average molecular weight is 285 g/mol. The van der Waals surface area contributed by atoms with E-state index in [-0.39, 0.29) is 17.8 Å². The molecule has 1 heterocycles. The molecule has 2 rings (SSSR count). The highest BCUT2D eigenvalue weighted by Gasteiger charge is 2.46. The van der Waals surface area contributed by atoms with Crippen molar-refractivity contribution in [3.63, 3.8) is 0 Å². The molecule has 0 radical (unpaired) electrons. The zero-order valence-corrected chi connectivity index (χ0v) is 11.2. The number of likely N-dealkylation sites (tertiary alicyclic amines) is 1. The van der Waals surface area contributed by atoms with Crippen LogP contribution in [0.5, 0.6) is 0 Å². The first kappa shape index (κ1) is 13.2. The van der Waals surface area contributed by atoms with Crippen molar-refractivity contribution in [3.8, 4) is 0 Å². The highest BCUT2D eigenvalue weighted by molar-refractivity contribution is 7.99. The number of hydrogen-bond acceptors (Lipinski definition) is 3. The monoisotopic (exact) mass is 284 g/mol. The summed E-state index contributed by atoms with van der Waals surface area (Å²) in [5.41, 5.74) is 6.25. The van der Waals surface area contributed by atoms with Gasteiger partial charge in [-0.05, 0) is 5.56 Å². The zero-order chi connectivity index (χ0) is 13.1. The second-order valence-electron chi connectivity index (χ2n) is 4.02. The lowest BCUT2D eigenvalue weighted by atomic mass is 10.2. The van der Waals surface area contributed by atoms with E-state index in [0.717, 1.165) is 11.3 Å². The first-order valence-corrected chi connectivity index (χ1v) is 6.96. The summed E-state index contributed by atoms with van der Waals surface area (Å²) < 4.78 is 0. The van der Waals surface area contributed by atoms with Crippen molar-refractivity contribution in [1.82, 2.24) is 4.90 Å². The average Bonchev–Trinajstić information content (AvgIpc) is 2.38. The Labute approximate surface area is 114 Å². The lowest BCUT2D eigenvalue weighted by Crippen LogP contribution is -2.62. The Kier molecular flexibility index (Phi) is 4.14. The van der Waals surface area contributed by atoms with Gasteiger partial charge in [-0.1, -0.05) is 30.3 Å². The van der Waals surface area contributed by atoms with Gasteiger partial charge in [0.2, 0.25) is 11.8 Å². The van der Waals surface area contributed by atoms with Crippen LogP contribution < -0.4 is 5.73 Å². The second kappa shape index (κ2) is 5.63. The minimum absolute atomic E-state index is 0.0610. The molecule has 2 N–H and O–H groups in total. The quantitative estimate of drug-likeness (QED) is 0.652. The summed E-state index contributed by atoms with van der Waals surface area (Å²) in [5.74, 6) is 0.00956. The van der Waals surface area contributed by atoms with E-state index >= 15 is 0 Å². The second-order valence-corrected chi connectivity index (χ2v) is 5.60. The van der Waals surface area contributed by atoms with Crippen molar-refractivity contribution in [3.05, 3.63) is 35.9 Å². The van der Waals surface area contributed by atoms with Crippen LogP contribution in [0.1, 0.15) is 5.56 Å². The summed E-state index contributed by atoms with van der Waals surface area (Å²) in [6.45, 7) is -0.0610. The van der Waals surface area contributed by atoms with E-state index in [0.29, 0.717) is 0 Å². The van der Waals surface area contributed by atoms with Crippen LogP contribution >= 0.6 is 23.4 Å². The topological polar surface area (TPSA) is 63.4 Å². The zero-order valence-electron chi connectivity index (χ0n) is 9.58. The van der Waals surface area contributed by atoms with Gasteiger partial charge in [-0.2, -0.15) is 0 Å². The lowest BCUT2D eigenvalue weighted by Gasteiger charge is -2.43. The number of primary amides is 1. The third-order valence-corrected chi connectivity index (χ3v) is 4.61. The number of nitrogens with zero attached hydrogens (tertiary/aromatic N) is 1. The van der Waals surface area contributed by atoms with Gasteiger partial charge in [0.1, 0.15) is 17.3 Å². The molecule has 6 heteroatoms. The molecule has 0 spiro atoms. The number of carbonyl (C=O) groups excluding carboxylic acids is 2. The SMILES string of the molecule is NC(=O)CN1C(=O)C(Cl)C1SCc1ccccc1. The fraction of sp³-hybridized carbons (Fsp3) is 0.333. The Hall–Kier alpha value is -1.20. The molecule has 0 saturated carbocycles. The summed E-state index contributed by atoms with van der Waals surface area (Å²) in [5, 5.41) is -0.732. The van der Waals surface area contributed by atoms with Crippen molar-refractivity contribution in [2.24, 2.45) is 5.73 Å². The van der Waals surface area contributed by atoms with Crippen LogP contribution in [0.3, 0.4) is 0 Å². The van der Waals surface area contributed by atoms with Gasteiger partial charge in [0.15, 0.2) is 0 Å². The number of thioether (sulfide) groups is 1. The Morgan fingerprint density at radius 3 is 2.67 bits per heavy atom. The number of halogens is 1. The fourth-order valence-electron chi connectivity index (χ4n) is 1.75. The van der Waals surface area contributed by atoms with E-state index in [1.807, 2.05) is 30.3 Å². The molecule has 1 aromatic rings. The Morgan fingerprint density at radius 1 is 1.39 bits per heavy atom. The summed E-state index contributed by atoms with van der Waals surface area (Å²) in [6, 6.07) is 9.89. The largest absolute Gasteiger partial charge is 0.368 e. The number of alkyl halides is 1. The summed E-state index contributed by atoms with van der Waals surface area (Å²) >= 11 is 7.49. The predicted octanol–water partition coefficient (Wildman–Crippen LogP) is 1.18. The van der Waals surface area contributed by atoms with Crippen molar-refractivity contribution in [2.75, 3.05) is 6.54 Å². The molecular weight excluding hydrogens is 272 g/mol. The van der Waals surface area contributed by atoms with Crippen LogP contribution in [0.15, 0.2) is 30.3 Å². The Bertz CT molecular complexity index is 455. The van der Waals surface area contributed by atoms with E-state index in [9.17, 15) is 9.59 Å².